The van der Waals surface area contributed by atoms with Crippen molar-refractivity contribution in [1.82, 2.24) is 9.97 Å². The number of benzene rings is 2. The third-order valence-corrected chi connectivity index (χ3v) is 4.12. The molecular weight excluding hydrogens is 366 g/mol. The number of nitrogens with zero attached hydrogens (tertiary/aromatic N) is 3. The lowest BCUT2D eigenvalue weighted by Gasteiger charge is -2.13. The van der Waals surface area contributed by atoms with E-state index in [4.69, 9.17) is 0 Å². The van der Waals surface area contributed by atoms with E-state index in [1.807, 2.05) is 68.7 Å². The zero-order valence-corrected chi connectivity index (χ0v) is 15.1. The Balaban J connectivity index is 1.74. The van der Waals surface area contributed by atoms with Crippen molar-refractivity contribution in [3.05, 3.63) is 65.3 Å². The van der Waals surface area contributed by atoms with Gasteiger partial charge in [0.1, 0.15) is 5.82 Å². The van der Waals surface area contributed by atoms with Crippen LogP contribution in [0.25, 0.3) is 0 Å². The summed E-state index contributed by atoms with van der Waals surface area (Å²) in [5, 5.41) is 6.50. The van der Waals surface area contributed by atoms with Gasteiger partial charge in [0.15, 0.2) is 0 Å². The number of aromatic nitrogens is 2. The third kappa shape index (κ3) is 4.02. The smallest absolute Gasteiger partial charge is 0.229 e. The molecule has 0 unspecified atom stereocenters. The molecule has 0 aliphatic heterocycles. The lowest BCUT2D eigenvalue weighted by Crippen LogP contribution is -2.08. The van der Waals surface area contributed by atoms with Gasteiger partial charge in [-0.1, -0.05) is 12.1 Å². The van der Waals surface area contributed by atoms with Crippen LogP contribution in [0.2, 0.25) is 0 Å². The molecule has 2 N–H and O–H groups in total. The molecule has 6 heteroatoms. The average molecular weight is 384 g/mol. The van der Waals surface area contributed by atoms with E-state index in [0.717, 1.165) is 27.4 Å². The molecule has 0 fully saturated rings. The Morgan fingerprint density at radius 3 is 2.38 bits per heavy atom. The fourth-order valence-corrected chi connectivity index (χ4v) is 2.55. The number of para-hydroxylation sites is 1. The maximum Gasteiger partial charge on any atom is 0.229 e. The molecule has 0 aliphatic rings. The van der Waals surface area contributed by atoms with E-state index < -0.39 is 0 Å². The van der Waals surface area contributed by atoms with Crippen LogP contribution in [0, 0.1) is 0 Å². The van der Waals surface area contributed by atoms with E-state index >= 15 is 0 Å². The predicted octanol–water partition coefficient (Wildman–Crippen LogP) is 4.79. The van der Waals surface area contributed by atoms with E-state index in [1.165, 1.54) is 0 Å². The van der Waals surface area contributed by atoms with E-state index in [0.29, 0.717) is 5.95 Å². The van der Waals surface area contributed by atoms with Crippen LogP contribution in [-0.4, -0.2) is 24.1 Å². The van der Waals surface area contributed by atoms with Gasteiger partial charge in [0.05, 0.1) is 5.69 Å². The van der Waals surface area contributed by atoms with E-state index in [9.17, 15) is 0 Å². The molecule has 3 aromatic rings. The molecule has 0 amide bonds. The molecule has 0 bridgehead atoms. The highest BCUT2D eigenvalue weighted by Gasteiger charge is 2.03. The van der Waals surface area contributed by atoms with Crippen LogP contribution in [-0.2, 0) is 0 Å². The van der Waals surface area contributed by atoms with Crippen molar-refractivity contribution in [2.45, 2.75) is 0 Å². The van der Waals surface area contributed by atoms with Crippen LogP contribution in [0.1, 0.15) is 0 Å². The summed E-state index contributed by atoms with van der Waals surface area (Å²) < 4.78 is 0.984. The van der Waals surface area contributed by atoms with Gasteiger partial charge in [-0.3, -0.25) is 0 Å². The quantitative estimate of drug-likeness (QED) is 0.662. The van der Waals surface area contributed by atoms with Crippen molar-refractivity contribution in [2.24, 2.45) is 0 Å². The Kier molecular flexibility index (Phi) is 4.96. The number of hydrogen-bond donors (Lipinski definition) is 2. The summed E-state index contributed by atoms with van der Waals surface area (Å²) in [4.78, 5) is 10.8. The second kappa shape index (κ2) is 7.31. The van der Waals surface area contributed by atoms with Crippen LogP contribution < -0.4 is 15.5 Å². The summed E-state index contributed by atoms with van der Waals surface area (Å²) in [6.45, 7) is 0. The molecule has 0 atom stereocenters. The second-order valence-corrected chi connectivity index (χ2v) is 6.29. The standard InChI is InChI=1S/C18H18BrN5/c1-24(2)14-9-7-13(8-10-14)21-18-20-12-11-17(23-18)22-16-6-4-3-5-15(16)19/h3-12H,1-2H3,(H2,20,21,22,23). The number of anilines is 5. The molecule has 1 heterocycles. The lowest BCUT2D eigenvalue weighted by molar-refractivity contribution is 1.13. The van der Waals surface area contributed by atoms with Crippen LogP contribution in [0.4, 0.5) is 28.8 Å². The van der Waals surface area contributed by atoms with Crippen molar-refractivity contribution in [3.63, 3.8) is 0 Å². The van der Waals surface area contributed by atoms with Gasteiger partial charge in [0.2, 0.25) is 5.95 Å². The summed E-state index contributed by atoms with van der Waals surface area (Å²) in [7, 11) is 4.03. The van der Waals surface area contributed by atoms with Gasteiger partial charge in [-0.05, 0) is 58.4 Å². The second-order valence-electron chi connectivity index (χ2n) is 5.44. The maximum absolute atomic E-state index is 4.50. The first kappa shape index (κ1) is 16.3. The molecule has 5 nitrogen and oxygen atoms in total. The predicted molar refractivity (Wildman–Crippen MR) is 104 cm³/mol. The first-order valence-electron chi connectivity index (χ1n) is 7.51. The third-order valence-electron chi connectivity index (χ3n) is 3.43. The number of rotatable bonds is 5. The molecule has 2 aromatic carbocycles. The van der Waals surface area contributed by atoms with E-state index in [-0.39, 0.29) is 0 Å². The van der Waals surface area contributed by atoms with Crippen molar-refractivity contribution >= 4 is 44.8 Å². The van der Waals surface area contributed by atoms with Gasteiger partial charge in [-0.25, -0.2) is 4.98 Å². The van der Waals surface area contributed by atoms with Gasteiger partial charge in [-0.15, -0.1) is 0 Å². The monoisotopic (exact) mass is 383 g/mol. The molecule has 3 rings (SSSR count). The molecule has 0 radical (unpaired) electrons. The molecule has 24 heavy (non-hydrogen) atoms. The van der Waals surface area contributed by atoms with Gasteiger partial charge >= 0.3 is 0 Å². The first-order valence-corrected chi connectivity index (χ1v) is 8.30. The van der Waals surface area contributed by atoms with Crippen molar-refractivity contribution < 1.29 is 0 Å². The molecular formula is C18H18BrN5. The lowest BCUT2D eigenvalue weighted by atomic mass is 10.2. The normalized spacial score (nSPS) is 10.3. The maximum atomic E-state index is 4.50. The van der Waals surface area contributed by atoms with Gasteiger partial charge in [0, 0.05) is 36.1 Å². The van der Waals surface area contributed by atoms with Crippen LogP contribution >= 0.6 is 15.9 Å². The van der Waals surface area contributed by atoms with Gasteiger partial charge < -0.3 is 15.5 Å². The number of hydrogen-bond acceptors (Lipinski definition) is 5. The highest BCUT2D eigenvalue weighted by molar-refractivity contribution is 9.10. The summed E-state index contributed by atoms with van der Waals surface area (Å²) in [6.07, 6.45) is 1.72. The minimum absolute atomic E-state index is 0.546. The molecule has 0 saturated carbocycles. The van der Waals surface area contributed by atoms with Gasteiger partial charge in [0.25, 0.3) is 0 Å². The summed E-state index contributed by atoms with van der Waals surface area (Å²) in [6, 6.07) is 17.9. The van der Waals surface area contributed by atoms with Gasteiger partial charge in [-0.2, -0.15) is 4.98 Å². The van der Waals surface area contributed by atoms with E-state index in [1.54, 1.807) is 6.20 Å². The Labute approximate surface area is 149 Å². The van der Waals surface area contributed by atoms with Crippen LogP contribution in [0.5, 0.6) is 0 Å². The molecule has 1 aromatic heterocycles. The zero-order chi connectivity index (χ0) is 16.9. The number of nitrogens with one attached hydrogen (secondary N) is 2. The average Bonchev–Trinajstić information content (AvgIpc) is 2.58. The van der Waals surface area contributed by atoms with E-state index in [2.05, 4.69) is 41.4 Å². The van der Waals surface area contributed by atoms with Crippen LogP contribution in [0.15, 0.2) is 65.3 Å². The number of halogens is 1. The Morgan fingerprint density at radius 2 is 1.67 bits per heavy atom. The summed E-state index contributed by atoms with van der Waals surface area (Å²) in [5.41, 5.74) is 3.04. The SMILES string of the molecule is CN(C)c1ccc(Nc2nccc(Nc3ccccc3Br)n2)cc1. The molecule has 0 saturated heterocycles. The van der Waals surface area contributed by atoms with Crippen molar-refractivity contribution in [3.8, 4) is 0 Å². The molecule has 0 aliphatic carbocycles. The Hall–Kier alpha value is -2.60. The highest BCUT2D eigenvalue weighted by Crippen LogP contribution is 2.25. The largest absolute Gasteiger partial charge is 0.378 e. The summed E-state index contributed by atoms with van der Waals surface area (Å²) >= 11 is 3.52. The first-order chi connectivity index (χ1) is 11.6. The molecule has 122 valence electrons. The fourth-order valence-electron chi connectivity index (χ4n) is 2.16. The highest BCUT2D eigenvalue weighted by atomic mass is 79.9. The minimum Gasteiger partial charge on any atom is -0.378 e. The summed E-state index contributed by atoms with van der Waals surface area (Å²) in [5.74, 6) is 1.27. The zero-order valence-electron chi connectivity index (χ0n) is 13.5. The van der Waals surface area contributed by atoms with Crippen molar-refractivity contribution in [2.75, 3.05) is 29.6 Å². The fraction of sp³-hybridized carbons (Fsp3) is 0.111. The van der Waals surface area contributed by atoms with Crippen LogP contribution in [0.3, 0.4) is 0 Å². The Bertz CT molecular complexity index is 818. The minimum atomic E-state index is 0.546. The van der Waals surface area contributed by atoms with Crippen molar-refractivity contribution in [1.29, 1.82) is 0 Å². The molecule has 0 spiro atoms. The Morgan fingerprint density at radius 1 is 0.917 bits per heavy atom. The topological polar surface area (TPSA) is 53.1 Å².